The first-order chi connectivity index (χ1) is 34.8. The summed E-state index contributed by atoms with van der Waals surface area (Å²) in [5, 5.41) is 2.35. The Morgan fingerprint density at radius 3 is 1.66 bits per heavy atom. The Labute approximate surface area is 441 Å². The van der Waals surface area contributed by atoms with Crippen LogP contribution in [-0.4, -0.2) is 6.85 Å². The van der Waals surface area contributed by atoms with Gasteiger partial charge in [-0.15, -0.1) is 0 Å². The Kier molecular flexibility index (Phi) is 9.10. The van der Waals surface area contributed by atoms with Gasteiger partial charge in [-0.3, -0.25) is 0 Å². The molecule has 0 fully saturated rings. The van der Waals surface area contributed by atoms with Crippen LogP contribution in [0.4, 0.5) is 28.4 Å². The molecule has 74 heavy (non-hydrogen) atoms. The van der Waals surface area contributed by atoms with Crippen molar-refractivity contribution >= 4 is 68.1 Å². The van der Waals surface area contributed by atoms with Crippen LogP contribution in [0.1, 0.15) is 186 Å². The number of benzene rings is 7. The van der Waals surface area contributed by atoms with Crippen molar-refractivity contribution in [2.75, 3.05) is 9.71 Å². The van der Waals surface area contributed by atoms with Gasteiger partial charge < -0.3 is 14.1 Å². The van der Waals surface area contributed by atoms with E-state index in [0.717, 1.165) is 36.8 Å². The number of hydrogen-bond donors (Lipinski definition) is 0. The van der Waals surface area contributed by atoms with Crippen LogP contribution in [0.15, 0.2) is 114 Å². The van der Waals surface area contributed by atoms with Crippen molar-refractivity contribution in [3.8, 4) is 22.3 Å². The largest absolute Gasteiger partial charge is 0.455 e. The monoisotopic (exact) mass is 971 g/mol. The fourth-order valence-electron chi connectivity index (χ4n) is 15.8. The molecule has 374 valence electrons. The van der Waals surface area contributed by atoms with E-state index in [4.69, 9.17) is 4.42 Å². The van der Waals surface area contributed by atoms with Crippen molar-refractivity contribution in [2.24, 2.45) is 0 Å². The van der Waals surface area contributed by atoms with Crippen molar-refractivity contribution in [3.05, 3.63) is 159 Å². The lowest BCUT2D eigenvalue weighted by Gasteiger charge is -2.50. The minimum atomic E-state index is -0.279. The summed E-state index contributed by atoms with van der Waals surface area (Å²) in [4.78, 5) is 5.62. The van der Waals surface area contributed by atoms with Gasteiger partial charge in [0, 0.05) is 55.8 Å². The Balaban J connectivity index is 1.19. The van der Waals surface area contributed by atoms with Crippen LogP contribution in [0.5, 0.6) is 0 Å². The number of nitrogens with zero attached hydrogens (tertiary/aromatic N) is 2. The molecule has 1 aromatic heterocycles. The third-order valence-electron chi connectivity index (χ3n) is 20.7. The topological polar surface area (TPSA) is 19.6 Å². The van der Waals surface area contributed by atoms with E-state index < -0.39 is 0 Å². The first kappa shape index (κ1) is 46.5. The van der Waals surface area contributed by atoms with Crippen LogP contribution in [0.25, 0.3) is 44.2 Å². The van der Waals surface area contributed by atoms with E-state index in [1.165, 1.54) is 135 Å². The number of rotatable bonds is 2. The average Bonchev–Trinajstić information content (AvgIpc) is 3.91. The van der Waals surface area contributed by atoms with E-state index >= 15 is 0 Å². The smallest absolute Gasteiger partial charge is 0.333 e. The fraction of sp³-hybridized carbons (Fsp3) is 0.400. The highest BCUT2D eigenvalue weighted by Crippen LogP contribution is 2.60. The molecule has 4 heteroatoms. The Morgan fingerprint density at radius 2 is 1.00 bits per heavy atom. The lowest BCUT2D eigenvalue weighted by atomic mass is 9.42. The molecule has 0 saturated carbocycles. The molecule has 0 bridgehead atoms. The lowest BCUT2D eigenvalue weighted by Crippen LogP contribution is -2.62. The first-order valence-electron chi connectivity index (χ1n) is 28.2. The van der Waals surface area contributed by atoms with Gasteiger partial charge in [-0.05, 0) is 193 Å². The Morgan fingerprint density at radius 1 is 0.446 bits per heavy atom. The summed E-state index contributed by atoms with van der Waals surface area (Å²) < 4.78 is 7.37. The second kappa shape index (κ2) is 14.5. The van der Waals surface area contributed by atoms with Gasteiger partial charge in [0.05, 0.1) is 0 Å². The van der Waals surface area contributed by atoms with Gasteiger partial charge >= 0.3 is 6.85 Å². The molecule has 7 aromatic carbocycles. The molecular formula is C70H75BN2O. The highest BCUT2D eigenvalue weighted by molar-refractivity contribution is 6.94. The number of hydrogen-bond acceptors (Lipinski definition) is 3. The second-order valence-electron chi connectivity index (χ2n) is 28.5. The van der Waals surface area contributed by atoms with Crippen LogP contribution in [0.3, 0.4) is 0 Å². The number of furan rings is 1. The molecule has 3 nitrogen and oxygen atoms in total. The van der Waals surface area contributed by atoms with E-state index in [1.807, 2.05) is 0 Å². The minimum absolute atomic E-state index is 0.00538. The Hall–Kier alpha value is -6.00. The third kappa shape index (κ3) is 6.03. The van der Waals surface area contributed by atoms with Gasteiger partial charge in [0.25, 0.3) is 0 Å². The number of fused-ring (bicyclic) bond motifs is 15. The van der Waals surface area contributed by atoms with E-state index in [9.17, 15) is 0 Å². The average molecular weight is 971 g/mol. The number of aryl methyl sites for hydroxylation is 1. The van der Waals surface area contributed by atoms with Crippen LogP contribution in [0, 0.1) is 6.92 Å². The molecule has 0 amide bonds. The zero-order valence-electron chi connectivity index (χ0n) is 47.0. The van der Waals surface area contributed by atoms with Crippen molar-refractivity contribution in [3.63, 3.8) is 0 Å². The molecular weight excluding hydrogens is 896 g/mol. The van der Waals surface area contributed by atoms with Gasteiger partial charge in [0.2, 0.25) is 0 Å². The molecule has 8 aromatic rings. The minimum Gasteiger partial charge on any atom is -0.455 e. The quantitative estimate of drug-likeness (QED) is 0.161. The predicted octanol–water partition coefficient (Wildman–Crippen LogP) is 18.0. The molecule has 6 aliphatic rings. The van der Waals surface area contributed by atoms with Gasteiger partial charge in [0.1, 0.15) is 11.2 Å². The zero-order valence-corrected chi connectivity index (χ0v) is 47.0. The van der Waals surface area contributed by atoms with Crippen LogP contribution in [0.2, 0.25) is 0 Å². The summed E-state index contributed by atoms with van der Waals surface area (Å²) >= 11 is 0. The van der Waals surface area contributed by atoms with Crippen molar-refractivity contribution in [1.29, 1.82) is 0 Å². The zero-order chi connectivity index (χ0) is 51.8. The summed E-state index contributed by atoms with van der Waals surface area (Å²) in [5.74, 6) is 0. The summed E-state index contributed by atoms with van der Waals surface area (Å²) in [6.45, 7) is 37.0. The molecule has 0 radical (unpaired) electrons. The molecule has 3 heterocycles. The van der Waals surface area contributed by atoms with Gasteiger partial charge in [-0.25, -0.2) is 0 Å². The molecule has 4 aliphatic carbocycles. The molecule has 14 rings (SSSR count). The molecule has 0 atom stereocenters. The first-order valence-corrected chi connectivity index (χ1v) is 28.2. The van der Waals surface area contributed by atoms with Crippen LogP contribution < -0.4 is 20.6 Å². The van der Waals surface area contributed by atoms with Gasteiger partial charge in [-0.1, -0.05) is 164 Å². The van der Waals surface area contributed by atoms with E-state index in [2.05, 4.69) is 223 Å². The summed E-state index contributed by atoms with van der Waals surface area (Å²) in [5.41, 5.74) is 29.4. The predicted molar refractivity (Wildman–Crippen MR) is 316 cm³/mol. The highest BCUT2D eigenvalue weighted by Gasteiger charge is 2.52. The van der Waals surface area contributed by atoms with Crippen LogP contribution >= 0.6 is 0 Å². The maximum atomic E-state index is 7.37. The number of anilines is 5. The maximum Gasteiger partial charge on any atom is 0.333 e. The normalized spacial score (nSPS) is 21.0. The molecule has 0 spiro atoms. The fourth-order valence-corrected chi connectivity index (χ4v) is 15.8. The van der Waals surface area contributed by atoms with Crippen molar-refractivity contribution in [1.82, 2.24) is 0 Å². The van der Waals surface area contributed by atoms with E-state index in [-0.39, 0.29) is 44.8 Å². The summed E-state index contributed by atoms with van der Waals surface area (Å²) in [7, 11) is 0. The molecule has 2 aliphatic heterocycles. The van der Waals surface area contributed by atoms with Crippen molar-refractivity contribution < 1.29 is 4.42 Å². The second-order valence-corrected chi connectivity index (χ2v) is 28.5. The molecule has 0 saturated heterocycles. The van der Waals surface area contributed by atoms with E-state index in [1.54, 1.807) is 0 Å². The molecule has 0 unspecified atom stereocenters. The SMILES string of the molecule is Cc1cc2c(cc1N1c3cc4c(oc5ccccc54)c4c3B(c3ccc5c(c31)C(C)(C)c1ccccc1-5)N(c1ccc3c(c1)C(C)(C)CCC3(C)C)c1cc3c(cc1-4)C(C)(C)CCC3(C)C)C(C)(C)CCC2(C)C. The number of para-hydroxylation sites is 1. The molecule has 0 N–H and O–H groups in total. The summed E-state index contributed by atoms with van der Waals surface area (Å²) in [6.07, 6.45) is 6.99. The summed E-state index contributed by atoms with van der Waals surface area (Å²) in [6, 6.07) is 43.9. The third-order valence-corrected chi connectivity index (χ3v) is 20.7. The van der Waals surface area contributed by atoms with Gasteiger partial charge in [0.15, 0.2) is 0 Å². The standard InChI is InChI=1S/C70H75BN2O/c1-40-34-49-52(68(10,11)32-30-65(49,4)5)38-55(40)72-57-37-45-43-21-17-19-23-58(43)74-63(45)59-46-36-51-53(69(12,13)33-31-67(51,8)9)39-56(46)73(41-24-26-48-50(35-41)66(6,7)29-28-64(48,2)3)71(61(57)59)54-27-25-44-42-20-16-18-22-47(42)70(14,15)60(44)62(54)72/h16-27,34-39H,28-33H2,1-15H3. The Bertz CT molecular complexity index is 3810. The van der Waals surface area contributed by atoms with E-state index in [0.29, 0.717) is 0 Å². The lowest BCUT2D eigenvalue weighted by molar-refractivity contribution is 0.332. The highest BCUT2D eigenvalue weighted by atomic mass is 16.3. The van der Waals surface area contributed by atoms with Crippen molar-refractivity contribution in [2.45, 2.75) is 180 Å². The maximum absolute atomic E-state index is 7.37. The van der Waals surface area contributed by atoms with Gasteiger partial charge in [-0.2, -0.15) is 0 Å². The van der Waals surface area contributed by atoms with Crippen LogP contribution in [-0.2, 0) is 37.9 Å².